The lowest BCUT2D eigenvalue weighted by atomic mass is 10.0. The number of hydrogen-bond donors (Lipinski definition) is 2. The monoisotopic (exact) mass is 346 g/mol. The van der Waals surface area contributed by atoms with Crippen LogP contribution in [0.15, 0.2) is 41.8 Å². The molecule has 0 fully saturated rings. The molecule has 0 saturated carbocycles. The lowest BCUT2D eigenvalue weighted by Gasteiger charge is -2.18. The standard InChI is InChI=1S/C18H22N2O3S/c1-3-15(13-6-8-14(23-2)9-7-13)20-17(21)10-11-19-18(22)16-5-4-12-24-16/h4-9,12,15H,3,10-11H2,1-2H3,(H,19,22)(H,20,21)/t15-/m0/s1. The molecule has 0 unspecified atom stereocenters. The molecule has 1 aromatic heterocycles. The number of thiophene rings is 1. The first-order chi connectivity index (χ1) is 11.6. The second-order valence-electron chi connectivity index (χ2n) is 5.28. The van der Waals surface area contributed by atoms with Crippen LogP contribution in [0.1, 0.15) is 41.0 Å². The van der Waals surface area contributed by atoms with Crippen molar-refractivity contribution in [2.24, 2.45) is 0 Å². The van der Waals surface area contributed by atoms with Crippen LogP contribution in [0.5, 0.6) is 5.75 Å². The number of carbonyl (C=O) groups excluding carboxylic acids is 2. The van der Waals surface area contributed by atoms with Crippen LogP contribution >= 0.6 is 11.3 Å². The maximum atomic E-state index is 12.1. The van der Waals surface area contributed by atoms with Crippen LogP contribution in [0.25, 0.3) is 0 Å². The van der Waals surface area contributed by atoms with E-state index in [1.54, 1.807) is 13.2 Å². The molecule has 2 N–H and O–H groups in total. The van der Waals surface area contributed by atoms with Gasteiger partial charge in [0.25, 0.3) is 5.91 Å². The first-order valence-electron chi connectivity index (χ1n) is 7.89. The highest BCUT2D eigenvalue weighted by molar-refractivity contribution is 7.12. The maximum Gasteiger partial charge on any atom is 0.261 e. The fourth-order valence-electron chi connectivity index (χ4n) is 2.31. The highest BCUT2D eigenvalue weighted by atomic mass is 32.1. The minimum absolute atomic E-state index is 0.0450. The van der Waals surface area contributed by atoms with Crippen molar-refractivity contribution in [3.8, 4) is 5.75 Å². The minimum Gasteiger partial charge on any atom is -0.497 e. The van der Waals surface area contributed by atoms with E-state index in [9.17, 15) is 9.59 Å². The summed E-state index contributed by atoms with van der Waals surface area (Å²) in [7, 11) is 1.62. The molecular weight excluding hydrogens is 324 g/mol. The fraction of sp³-hybridized carbons (Fsp3) is 0.333. The Labute approximate surface area is 146 Å². The largest absolute Gasteiger partial charge is 0.497 e. The molecule has 1 heterocycles. The van der Waals surface area contributed by atoms with Gasteiger partial charge >= 0.3 is 0 Å². The number of hydrogen-bond acceptors (Lipinski definition) is 4. The molecule has 24 heavy (non-hydrogen) atoms. The van der Waals surface area contributed by atoms with Gasteiger partial charge in [-0.2, -0.15) is 0 Å². The SMILES string of the molecule is CC[C@H](NC(=O)CCNC(=O)c1cccs1)c1ccc(OC)cc1. The number of ether oxygens (including phenoxy) is 1. The minimum atomic E-state index is -0.139. The Hall–Kier alpha value is -2.34. The second-order valence-corrected chi connectivity index (χ2v) is 6.23. The van der Waals surface area contributed by atoms with E-state index in [1.807, 2.05) is 42.6 Å². The van der Waals surface area contributed by atoms with Gasteiger partial charge in [-0.05, 0) is 35.6 Å². The van der Waals surface area contributed by atoms with Gasteiger partial charge in [-0.25, -0.2) is 0 Å². The van der Waals surface area contributed by atoms with Crippen molar-refractivity contribution >= 4 is 23.2 Å². The molecule has 0 aliphatic heterocycles. The third-order valence-electron chi connectivity index (χ3n) is 3.64. The van der Waals surface area contributed by atoms with E-state index < -0.39 is 0 Å². The number of benzene rings is 1. The smallest absolute Gasteiger partial charge is 0.261 e. The predicted molar refractivity (Wildman–Crippen MR) is 95.4 cm³/mol. The summed E-state index contributed by atoms with van der Waals surface area (Å²) in [6, 6.07) is 11.2. The molecule has 5 nitrogen and oxygen atoms in total. The molecule has 2 aromatic rings. The quantitative estimate of drug-likeness (QED) is 0.771. The van der Waals surface area contributed by atoms with Gasteiger partial charge in [-0.3, -0.25) is 9.59 Å². The molecule has 0 spiro atoms. The van der Waals surface area contributed by atoms with Crippen LogP contribution in [0, 0.1) is 0 Å². The van der Waals surface area contributed by atoms with E-state index in [4.69, 9.17) is 4.74 Å². The first-order valence-corrected chi connectivity index (χ1v) is 8.77. The molecule has 0 aliphatic carbocycles. The topological polar surface area (TPSA) is 67.4 Å². The van der Waals surface area contributed by atoms with Crippen LogP contribution in [0.4, 0.5) is 0 Å². The zero-order valence-corrected chi connectivity index (χ0v) is 14.7. The van der Waals surface area contributed by atoms with Crippen molar-refractivity contribution in [2.75, 3.05) is 13.7 Å². The zero-order chi connectivity index (χ0) is 17.4. The highest BCUT2D eigenvalue weighted by Crippen LogP contribution is 2.20. The van der Waals surface area contributed by atoms with Crippen molar-refractivity contribution in [1.82, 2.24) is 10.6 Å². The maximum absolute atomic E-state index is 12.1. The highest BCUT2D eigenvalue weighted by Gasteiger charge is 2.13. The third kappa shape index (κ3) is 5.09. The average Bonchev–Trinajstić information content (AvgIpc) is 3.14. The molecule has 1 aromatic carbocycles. The second kappa shape index (κ2) is 9.08. The predicted octanol–water partition coefficient (Wildman–Crippen LogP) is 3.14. The van der Waals surface area contributed by atoms with Gasteiger partial charge < -0.3 is 15.4 Å². The molecule has 0 saturated heterocycles. The van der Waals surface area contributed by atoms with Gasteiger partial charge in [0, 0.05) is 13.0 Å². The number of nitrogens with one attached hydrogen (secondary N) is 2. The van der Waals surface area contributed by atoms with Gasteiger partial charge in [0.15, 0.2) is 0 Å². The summed E-state index contributed by atoms with van der Waals surface area (Å²) in [5, 5.41) is 7.61. The lowest BCUT2D eigenvalue weighted by molar-refractivity contribution is -0.121. The van der Waals surface area contributed by atoms with E-state index in [2.05, 4.69) is 10.6 Å². The van der Waals surface area contributed by atoms with E-state index in [0.717, 1.165) is 17.7 Å². The Balaban J connectivity index is 1.80. The number of rotatable bonds is 8. The van der Waals surface area contributed by atoms with Crippen LogP contribution in [-0.2, 0) is 4.79 Å². The molecule has 1 atom stereocenters. The zero-order valence-electron chi connectivity index (χ0n) is 13.9. The Kier molecular flexibility index (Phi) is 6.81. The number of amides is 2. The Morgan fingerprint density at radius 2 is 1.96 bits per heavy atom. The van der Waals surface area contributed by atoms with E-state index in [1.165, 1.54) is 11.3 Å². The third-order valence-corrected chi connectivity index (χ3v) is 4.51. The van der Waals surface area contributed by atoms with Crippen LogP contribution in [0.3, 0.4) is 0 Å². The Morgan fingerprint density at radius 1 is 1.21 bits per heavy atom. The molecule has 0 bridgehead atoms. The lowest BCUT2D eigenvalue weighted by Crippen LogP contribution is -2.32. The van der Waals surface area contributed by atoms with Gasteiger partial charge in [-0.15, -0.1) is 11.3 Å². The normalized spacial score (nSPS) is 11.6. The molecule has 128 valence electrons. The molecule has 6 heteroatoms. The van der Waals surface area contributed by atoms with Gasteiger partial charge in [-0.1, -0.05) is 25.1 Å². The van der Waals surface area contributed by atoms with Crippen molar-refractivity contribution in [2.45, 2.75) is 25.8 Å². The number of carbonyl (C=O) groups is 2. The van der Waals surface area contributed by atoms with Crippen molar-refractivity contribution < 1.29 is 14.3 Å². The summed E-state index contributed by atoms with van der Waals surface area (Å²) in [5.41, 5.74) is 1.04. The van der Waals surface area contributed by atoms with Gasteiger partial charge in [0.05, 0.1) is 18.0 Å². The molecule has 0 radical (unpaired) electrons. The summed E-state index contributed by atoms with van der Waals surface area (Å²) in [6.45, 7) is 2.34. The molecule has 2 rings (SSSR count). The summed E-state index contributed by atoms with van der Waals surface area (Å²) in [4.78, 5) is 24.5. The van der Waals surface area contributed by atoms with E-state index >= 15 is 0 Å². The van der Waals surface area contributed by atoms with E-state index in [-0.39, 0.29) is 24.3 Å². The molecule has 2 amide bonds. The van der Waals surface area contributed by atoms with Crippen LogP contribution in [-0.4, -0.2) is 25.5 Å². The van der Waals surface area contributed by atoms with Gasteiger partial charge in [0.1, 0.15) is 5.75 Å². The average molecular weight is 346 g/mol. The summed E-state index contributed by atoms with van der Waals surface area (Å²) < 4.78 is 5.14. The molecular formula is C18H22N2O3S. The summed E-state index contributed by atoms with van der Waals surface area (Å²) in [6.07, 6.45) is 1.05. The Bertz CT molecular complexity index is 653. The van der Waals surface area contributed by atoms with Crippen LogP contribution < -0.4 is 15.4 Å². The Morgan fingerprint density at radius 3 is 2.54 bits per heavy atom. The van der Waals surface area contributed by atoms with Crippen molar-refractivity contribution in [1.29, 1.82) is 0 Å². The first kappa shape index (κ1) is 18.0. The van der Waals surface area contributed by atoms with Crippen LogP contribution in [0.2, 0.25) is 0 Å². The molecule has 0 aliphatic rings. The summed E-state index contributed by atoms with van der Waals surface area (Å²) in [5.74, 6) is 0.570. The van der Waals surface area contributed by atoms with E-state index in [0.29, 0.717) is 11.4 Å². The summed E-state index contributed by atoms with van der Waals surface area (Å²) >= 11 is 1.38. The van der Waals surface area contributed by atoms with Crippen molar-refractivity contribution in [3.63, 3.8) is 0 Å². The fourth-order valence-corrected chi connectivity index (χ4v) is 2.95. The van der Waals surface area contributed by atoms with Gasteiger partial charge in [0.2, 0.25) is 5.91 Å². The van der Waals surface area contributed by atoms with Crippen molar-refractivity contribution in [3.05, 3.63) is 52.2 Å². The number of methoxy groups -OCH3 is 1.